The number of ketones is 2. The van der Waals surface area contributed by atoms with Crippen molar-refractivity contribution in [2.75, 3.05) is 39.6 Å². The highest BCUT2D eigenvalue weighted by molar-refractivity contribution is 6.25. The molecule has 4 atom stereocenters. The number of nitriles is 1. The van der Waals surface area contributed by atoms with Gasteiger partial charge in [-0.15, -0.1) is 0 Å². The first-order valence-corrected chi connectivity index (χ1v) is 13.9. The van der Waals surface area contributed by atoms with E-state index in [1.54, 1.807) is 31.1 Å². The zero-order valence-electron chi connectivity index (χ0n) is 25.6. The molecule has 3 aliphatic carbocycles. The highest BCUT2D eigenvalue weighted by Gasteiger charge is 2.74. The number of aliphatic hydroxyl groups is 2. The third-order valence-electron chi connectivity index (χ3n) is 8.76. The Morgan fingerprint density at radius 1 is 1.16 bits per heavy atom. The Kier molecular flexibility index (Phi) is 7.48. The molecule has 0 heterocycles. The van der Waals surface area contributed by atoms with E-state index in [0.29, 0.717) is 23.4 Å². The normalized spacial score (nSPS) is 28.8. The second-order valence-electron chi connectivity index (χ2n) is 13.6. The lowest BCUT2D eigenvalue weighted by Crippen LogP contribution is -2.80. The maximum absolute atomic E-state index is 14.5. The van der Waals surface area contributed by atoms with Crippen molar-refractivity contribution in [3.63, 3.8) is 0 Å². The Bertz CT molecular complexity index is 1550. The minimum atomic E-state index is -2.70. The Morgan fingerprint density at radius 3 is 2.26 bits per heavy atom. The van der Waals surface area contributed by atoms with Crippen molar-refractivity contribution < 1.29 is 29.7 Å². The van der Waals surface area contributed by atoms with Crippen LogP contribution in [0, 0.1) is 22.2 Å². The van der Waals surface area contributed by atoms with Crippen LogP contribution in [0.1, 0.15) is 43.9 Å². The average Bonchev–Trinajstić information content (AvgIpc) is 2.83. The number of primary amides is 1. The number of likely N-dealkylation sites (N-methyl/N-ethyl adjacent to an activating group) is 1. The van der Waals surface area contributed by atoms with Crippen molar-refractivity contribution in [1.82, 2.24) is 10.2 Å². The number of carbonyl (C=O) groups excluding carboxylic acids is 3. The van der Waals surface area contributed by atoms with E-state index in [2.05, 4.69) is 26.1 Å². The zero-order valence-corrected chi connectivity index (χ0v) is 25.6. The summed E-state index contributed by atoms with van der Waals surface area (Å²) < 4.78 is 0. The van der Waals surface area contributed by atoms with Gasteiger partial charge in [0.1, 0.15) is 22.8 Å². The van der Waals surface area contributed by atoms with Gasteiger partial charge < -0.3 is 42.7 Å². The van der Waals surface area contributed by atoms with E-state index in [4.69, 9.17) is 17.2 Å². The van der Waals surface area contributed by atoms with Gasteiger partial charge in [0.15, 0.2) is 17.0 Å². The molecule has 3 aliphatic rings. The molecule has 13 nitrogen and oxygen atoms in total. The maximum atomic E-state index is 14.5. The summed E-state index contributed by atoms with van der Waals surface area (Å²) in [7, 11) is 6.52. The number of carbonyl (C=O) groups is 3. The number of phenols is 1. The predicted octanol–water partition coefficient (Wildman–Crippen LogP) is 0.107. The van der Waals surface area contributed by atoms with Crippen molar-refractivity contribution in [2.45, 2.75) is 57.3 Å². The van der Waals surface area contributed by atoms with Gasteiger partial charge in [-0.2, -0.15) is 5.26 Å². The second-order valence-corrected chi connectivity index (χ2v) is 13.6. The number of nitrogens with two attached hydrogens (primary N) is 3. The number of rotatable bonds is 6. The van der Waals surface area contributed by atoms with Gasteiger partial charge in [0.25, 0.3) is 5.91 Å². The van der Waals surface area contributed by atoms with Gasteiger partial charge >= 0.3 is 0 Å². The zero-order chi connectivity index (χ0) is 32.6. The number of fused-ring (bicyclic) bond motifs is 3. The number of aromatic hydroxyl groups is 1. The lowest BCUT2D eigenvalue weighted by Gasteiger charge is -2.58. The van der Waals surface area contributed by atoms with Crippen LogP contribution in [0.15, 0.2) is 23.0 Å². The van der Waals surface area contributed by atoms with Gasteiger partial charge in [0.05, 0.1) is 34.3 Å². The number of nitrogens with zero attached hydrogens (tertiary/aromatic N) is 3. The van der Waals surface area contributed by atoms with E-state index in [1.165, 1.54) is 19.0 Å². The molecule has 0 radical (unpaired) electrons. The summed E-state index contributed by atoms with van der Waals surface area (Å²) in [5.74, 6) is -5.59. The van der Waals surface area contributed by atoms with Crippen LogP contribution in [0.5, 0.6) is 5.75 Å². The van der Waals surface area contributed by atoms with Crippen molar-refractivity contribution in [1.29, 1.82) is 5.26 Å². The molecule has 1 aromatic rings. The average molecular weight is 596 g/mol. The van der Waals surface area contributed by atoms with E-state index in [-0.39, 0.29) is 29.7 Å². The van der Waals surface area contributed by atoms with Crippen LogP contribution in [0.4, 0.5) is 5.69 Å². The van der Waals surface area contributed by atoms with Crippen LogP contribution < -0.4 is 27.4 Å². The van der Waals surface area contributed by atoms with E-state index < -0.39 is 69.1 Å². The summed E-state index contributed by atoms with van der Waals surface area (Å²) in [5.41, 5.74) is 12.8. The largest absolute Gasteiger partial charge is 0.509 e. The van der Waals surface area contributed by atoms with Crippen molar-refractivity contribution >= 4 is 28.9 Å². The molecule has 0 unspecified atom stereocenters. The van der Waals surface area contributed by atoms with Gasteiger partial charge in [-0.1, -0.05) is 20.8 Å². The molecular formula is C30H41N7O6. The van der Waals surface area contributed by atoms with Gasteiger partial charge in [0.2, 0.25) is 0 Å². The van der Waals surface area contributed by atoms with Crippen LogP contribution in [-0.2, 0) is 27.3 Å². The first kappa shape index (κ1) is 32.0. The highest BCUT2D eigenvalue weighted by atomic mass is 16.3. The van der Waals surface area contributed by atoms with E-state index >= 15 is 0 Å². The molecule has 10 N–H and O–H groups in total. The third-order valence-corrected chi connectivity index (χ3v) is 8.76. The number of amides is 1. The third kappa shape index (κ3) is 4.39. The van der Waals surface area contributed by atoms with E-state index in [0.717, 1.165) is 0 Å². The van der Waals surface area contributed by atoms with Crippen LogP contribution in [0.25, 0.3) is 5.76 Å². The SMILES string of the molecule is CN(C)c1cc(CNCC(C)(C)C)c(O)c2c1C[C@@]1(N)C[C@@]3(N)[C@H](N(C)C)C(=O)C(C(N)=O)=C(O)[C@@]3(C#N)C(=O)C1=C2O. The summed E-state index contributed by atoms with van der Waals surface area (Å²) >= 11 is 0. The van der Waals surface area contributed by atoms with Gasteiger partial charge in [-0.25, -0.2) is 0 Å². The van der Waals surface area contributed by atoms with E-state index in [1.807, 2.05) is 0 Å². The fourth-order valence-corrected chi connectivity index (χ4v) is 7.04. The summed E-state index contributed by atoms with van der Waals surface area (Å²) in [6, 6.07) is 2.10. The van der Waals surface area contributed by atoms with Crippen LogP contribution in [-0.4, -0.2) is 89.5 Å². The standard InChI is InChI=1S/C30H41N7O6/c1-27(2,3)13-35-10-14-8-16(36(4)5)15-9-28(33)11-30(34)23(37(6)7)22(40)18(26(32)43)24(41)29(30,12-31)25(42)19(28)21(39)17(15)20(14)38/h8,23,35,38-39,41H,9-11,13,33-34H2,1-7H3,(H2,32,43)/t23-,28-,29+,30-/m1/s1. The minimum Gasteiger partial charge on any atom is -0.509 e. The molecule has 0 spiro atoms. The molecule has 232 valence electrons. The highest BCUT2D eigenvalue weighted by Crippen LogP contribution is 2.59. The second kappa shape index (κ2) is 10.1. The first-order chi connectivity index (χ1) is 19.7. The Morgan fingerprint density at radius 2 is 1.77 bits per heavy atom. The lowest BCUT2D eigenvalue weighted by molar-refractivity contribution is -0.139. The number of aliphatic hydroxyl groups excluding tert-OH is 2. The smallest absolute Gasteiger partial charge is 0.255 e. The number of anilines is 1. The van der Waals surface area contributed by atoms with Gasteiger partial charge in [-0.05, 0) is 44.0 Å². The molecule has 0 aliphatic heterocycles. The molecule has 0 saturated heterocycles. The van der Waals surface area contributed by atoms with Crippen molar-refractivity contribution in [2.24, 2.45) is 28.0 Å². The summed E-state index contributed by atoms with van der Waals surface area (Å²) in [6.07, 6.45) is -0.530. The fourth-order valence-electron chi connectivity index (χ4n) is 7.04. The molecule has 13 heteroatoms. The molecule has 1 amide bonds. The number of hydrogen-bond donors (Lipinski definition) is 7. The molecule has 0 aromatic heterocycles. The number of benzene rings is 1. The number of hydrogen-bond acceptors (Lipinski definition) is 12. The number of nitrogens with one attached hydrogen (secondary N) is 1. The Hall–Kier alpha value is -3.96. The van der Waals surface area contributed by atoms with Crippen LogP contribution in [0.2, 0.25) is 0 Å². The summed E-state index contributed by atoms with van der Waals surface area (Å²) in [6.45, 7) is 7.03. The van der Waals surface area contributed by atoms with Crippen LogP contribution >= 0.6 is 0 Å². The fraction of sp³-hybridized carbons (Fsp3) is 0.533. The Labute approximate surface area is 250 Å². The summed E-state index contributed by atoms with van der Waals surface area (Å²) in [5, 5.41) is 48.4. The quantitative estimate of drug-likeness (QED) is 0.217. The Balaban J connectivity index is 2.05. The monoisotopic (exact) mass is 595 g/mol. The molecule has 1 saturated carbocycles. The molecule has 1 aromatic carbocycles. The molecule has 0 bridgehead atoms. The predicted molar refractivity (Wildman–Crippen MR) is 160 cm³/mol. The molecule has 4 rings (SSSR count). The number of phenolic OH excluding ortho intramolecular Hbond substituents is 1. The lowest BCUT2D eigenvalue weighted by atomic mass is 9.47. The molecular weight excluding hydrogens is 554 g/mol. The first-order valence-electron chi connectivity index (χ1n) is 13.9. The van der Waals surface area contributed by atoms with Gasteiger partial charge in [0, 0.05) is 38.4 Å². The van der Waals surface area contributed by atoms with Gasteiger partial charge in [-0.3, -0.25) is 19.3 Å². The maximum Gasteiger partial charge on any atom is 0.255 e. The van der Waals surface area contributed by atoms with Crippen LogP contribution in [0.3, 0.4) is 0 Å². The molecule has 43 heavy (non-hydrogen) atoms. The van der Waals surface area contributed by atoms with Crippen molar-refractivity contribution in [3.05, 3.63) is 39.7 Å². The van der Waals surface area contributed by atoms with Crippen molar-refractivity contribution in [3.8, 4) is 11.8 Å². The number of Topliss-reactive ketones (excluding diaryl/α,β-unsaturated/α-hetero) is 2. The minimum absolute atomic E-state index is 0.0320. The molecule has 1 fully saturated rings. The van der Waals surface area contributed by atoms with E-state index in [9.17, 15) is 35.0 Å². The summed E-state index contributed by atoms with van der Waals surface area (Å²) in [4.78, 5) is 43.6. The topological polar surface area (TPSA) is 232 Å².